The lowest BCUT2D eigenvalue weighted by Crippen LogP contribution is -2.41. The van der Waals surface area contributed by atoms with Crippen LogP contribution < -0.4 is 10.6 Å². The SMILES string of the molecule is CCNC(=NCc1nc(C)c(C)s1)NCCN(C)CCCOC. The summed E-state index contributed by atoms with van der Waals surface area (Å²) in [6.07, 6.45) is 1.06. The number of aliphatic imine (C=N–C) groups is 1. The van der Waals surface area contributed by atoms with Crippen molar-refractivity contribution in [3.8, 4) is 0 Å². The average Bonchev–Trinajstić information content (AvgIpc) is 2.83. The first-order valence-electron chi connectivity index (χ1n) is 8.19. The van der Waals surface area contributed by atoms with E-state index >= 15 is 0 Å². The molecule has 0 aromatic carbocycles. The number of thiazole rings is 1. The highest BCUT2D eigenvalue weighted by Gasteiger charge is 2.04. The van der Waals surface area contributed by atoms with E-state index in [1.807, 2.05) is 6.92 Å². The van der Waals surface area contributed by atoms with E-state index < -0.39 is 0 Å². The molecule has 132 valence electrons. The van der Waals surface area contributed by atoms with Crippen molar-refractivity contribution < 1.29 is 4.74 Å². The molecule has 7 heteroatoms. The van der Waals surface area contributed by atoms with Crippen LogP contribution in [0.3, 0.4) is 0 Å². The standard InChI is InChI=1S/C16H31N5OS/c1-6-17-16(18-8-10-21(4)9-7-11-22-5)19-12-15-20-13(2)14(3)23-15/h6-12H2,1-5H3,(H2,17,18,19). The van der Waals surface area contributed by atoms with Gasteiger partial charge in [0.25, 0.3) is 0 Å². The molecule has 0 fully saturated rings. The number of guanidine groups is 1. The lowest BCUT2D eigenvalue weighted by molar-refractivity contribution is 0.180. The van der Waals surface area contributed by atoms with Gasteiger partial charge in [-0.3, -0.25) is 0 Å². The van der Waals surface area contributed by atoms with Gasteiger partial charge in [0.2, 0.25) is 0 Å². The van der Waals surface area contributed by atoms with Crippen molar-refractivity contribution in [2.45, 2.75) is 33.7 Å². The molecule has 0 radical (unpaired) electrons. The van der Waals surface area contributed by atoms with Gasteiger partial charge < -0.3 is 20.3 Å². The lowest BCUT2D eigenvalue weighted by Gasteiger charge is -2.18. The van der Waals surface area contributed by atoms with Gasteiger partial charge in [0, 0.05) is 44.8 Å². The molecular formula is C16H31N5OS. The summed E-state index contributed by atoms with van der Waals surface area (Å²) in [5.74, 6) is 0.850. The zero-order valence-corrected chi connectivity index (χ0v) is 15.9. The van der Waals surface area contributed by atoms with Crippen LogP contribution in [0.1, 0.15) is 28.9 Å². The molecule has 2 N–H and O–H groups in total. The predicted octanol–water partition coefficient (Wildman–Crippen LogP) is 1.78. The number of aryl methyl sites for hydroxylation is 2. The van der Waals surface area contributed by atoms with Gasteiger partial charge in [0.05, 0.1) is 12.2 Å². The minimum Gasteiger partial charge on any atom is -0.385 e. The van der Waals surface area contributed by atoms with Crippen molar-refractivity contribution in [1.29, 1.82) is 0 Å². The highest BCUT2D eigenvalue weighted by atomic mass is 32.1. The van der Waals surface area contributed by atoms with Crippen LogP contribution in [0.25, 0.3) is 0 Å². The van der Waals surface area contributed by atoms with E-state index in [4.69, 9.17) is 4.74 Å². The Hall–Kier alpha value is -1.18. The first-order chi connectivity index (χ1) is 11.1. The van der Waals surface area contributed by atoms with Crippen LogP contribution >= 0.6 is 11.3 Å². The first kappa shape index (κ1) is 19.9. The molecule has 1 aromatic heterocycles. The second-order valence-corrected chi connectivity index (χ2v) is 6.81. The number of rotatable bonds is 10. The van der Waals surface area contributed by atoms with Gasteiger partial charge in [-0.25, -0.2) is 9.98 Å². The molecule has 1 heterocycles. The molecular weight excluding hydrogens is 310 g/mol. The Kier molecular flexibility index (Phi) is 9.82. The number of likely N-dealkylation sites (N-methyl/N-ethyl adjacent to an activating group) is 1. The Balaban J connectivity index is 2.37. The van der Waals surface area contributed by atoms with Crippen LogP contribution in [-0.4, -0.2) is 62.8 Å². The van der Waals surface area contributed by atoms with E-state index in [0.29, 0.717) is 6.54 Å². The third-order valence-electron chi connectivity index (χ3n) is 3.46. The molecule has 23 heavy (non-hydrogen) atoms. The fraction of sp³-hybridized carbons (Fsp3) is 0.750. The molecule has 1 aromatic rings. The quantitative estimate of drug-likeness (QED) is 0.386. The van der Waals surface area contributed by atoms with Gasteiger partial charge in [-0.05, 0) is 34.2 Å². The van der Waals surface area contributed by atoms with Crippen molar-refractivity contribution in [3.63, 3.8) is 0 Å². The molecule has 0 aliphatic carbocycles. The number of aromatic nitrogens is 1. The molecule has 0 spiro atoms. The van der Waals surface area contributed by atoms with Gasteiger partial charge in [-0.15, -0.1) is 11.3 Å². The molecule has 1 rings (SSSR count). The zero-order valence-electron chi connectivity index (χ0n) is 15.1. The number of hydrogen-bond acceptors (Lipinski definition) is 5. The Morgan fingerprint density at radius 3 is 2.70 bits per heavy atom. The Morgan fingerprint density at radius 1 is 1.30 bits per heavy atom. The second-order valence-electron chi connectivity index (χ2n) is 5.52. The van der Waals surface area contributed by atoms with Crippen LogP contribution in [0.5, 0.6) is 0 Å². The lowest BCUT2D eigenvalue weighted by atomic mass is 10.4. The number of nitrogens with one attached hydrogen (secondary N) is 2. The normalized spacial score (nSPS) is 12.0. The Labute approximate surface area is 144 Å². The Morgan fingerprint density at radius 2 is 2.09 bits per heavy atom. The summed E-state index contributed by atoms with van der Waals surface area (Å²) < 4.78 is 5.07. The minimum absolute atomic E-state index is 0.623. The number of nitrogens with zero attached hydrogens (tertiary/aromatic N) is 3. The van der Waals surface area contributed by atoms with Gasteiger partial charge in [-0.2, -0.15) is 0 Å². The molecule has 0 unspecified atom stereocenters. The monoisotopic (exact) mass is 341 g/mol. The molecule has 0 saturated heterocycles. The van der Waals surface area contributed by atoms with Gasteiger partial charge in [0.15, 0.2) is 5.96 Å². The van der Waals surface area contributed by atoms with E-state index in [0.717, 1.165) is 55.9 Å². The highest BCUT2D eigenvalue weighted by molar-refractivity contribution is 7.11. The number of methoxy groups -OCH3 is 1. The number of ether oxygens (including phenoxy) is 1. The van der Waals surface area contributed by atoms with Gasteiger partial charge in [-0.1, -0.05) is 0 Å². The maximum absolute atomic E-state index is 5.07. The van der Waals surface area contributed by atoms with E-state index in [-0.39, 0.29) is 0 Å². The molecule has 6 nitrogen and oxygen atoms in total. The summed E-state index contributed by atoms with van der Waals surface area (Å²) in [7, 11) is 3.87. The number of hydrogen-bond donors (Lipinski definition) is 2. The van der Waals surface area contributed by atoms with Crippen molar-refractivity contribution >= 4 is 17.3 Å². The fourth-order valence-corrected chi connectivity index (χ4v) is 2.91. The zero-order chi connectivity index (χ0) is 17.1. The van der Waals surface area contributed by atoms with Crippen LogP contribution in [0, 0.1) is 13.8 Å². The smallest absolute Gasteiger partial charge is 0.191 e. The van der Waals surface area contributed by atoms with Crippen LogP contribution in [0.4, 0.5) is 0 Å². The summed E-state index contributed by atoms with van der Waals surface area (Å²) in [5, 5.41) is 7.72. The van der Waals surface area contributed by atoms with E-state index in [2.05, 4.69) is 46.4 Å². The molecule has 0 aliphatic rings. The van der Waals surface area contributed by atoms with Gasteiger partial charge in [0.1, 0.15) is 5.01 Å². The summed E-state index contributed by atoms with van der Waals surface area (Å²) in [4.78, 5) is 12.7. The summed E-state index contributed by atoms with van der Waals surface area (Å²) in [5.41, 5.74) is 1.11. The summed E-state index contributed by atoms with van der Waals surface area (Å²) in [6, 6.07) is 0. The topological polar surface area (TPSA) is 61.8 Å². The summed E-state index contributed by atoms with van der Waals surface area (Å²) in [6.45, 7) is 11.4. The van der Waals surface area contributed by atoms with Crippen LogP contribution in [0.15, 0.2) is 4.99 Å². The third kappa shape index (κ3) is 8.29. The molecule has 0 bridgehead atoms. The van der Waals surface area contributed by atoms with Gasteiger partial charge >= 0.3 is 0 Å². The molecule has 0 atom stereocenters. The summed E-state index contributed by atoms with van der Waals surface area (Å²) >= 11 is 1.72. The van der Waals surface area contributed by atoms with E-state index in [1.165, 1.54) is 4.88 Å². The van der Waals surface area contributed by atoms with E-state index in [9.17, 15) is 0 Å². The fourth-order valence-electron chi connectivity index (χ4n) is 2.05. The van der Waals surface area contributed by atoms with Crippen molar-refractivity contribution in [3.05, 3.63) is 15.6 Å². The molecule has 0 amide bonds. The predicted molar refractivity (Wildman–Crippen MR) is 98.4 cm³/mol. The Bertz CT molecular complexity index is 456. The average molecular weight is 342 g/mol. The third-order valence-corrected chi connectivity index (χ3v) is 4.52. The van der Waals surface area contributed by atoms with Crippen LogP contribution in [-0.2, 0) is 11.3 Å². The maximum Gasteiger partial charge on any atom is 0.191 e. The largest absolute Gasteiger partial charge is 0.385 e. The van der Waals surface area contributed by atoms with Crippen LogP contribution in [0.2, 0.25) is 0 Å². The highest BCUT2D eigenvalue weighted by Crippen LogP contribution is 2.16. The second kappa shape index (κ2) is 11.4. The maximum atomic E-state index is 5.07. The molecule has 0 aliphatic heterocycles. The minimum atomic E-state index is 0.623. The first-order valence-corrected chi connectivity index (χ1v) is 9.01. The molecule has 0 saturated carbocycles. The van der Waals surface area contributed by atoms with Crippen molar-refractivity contribution in [1.82, 2.24) is 20.5 Å². The van der Waals surface area contributed by atoms with Crippen molar-refractivity contribution in [2.24, 2.45) is 4.99 Å². The van der Waals surface area contributed by atoms with Crippen molar-refractivity contribution in [2.75, 3.05) is 46.9 Å². The van der Waals surface area contributed by atoms with E-state index in [1.54, 1.807) is 18.4 Å².